The average Bonchev–Trinajstić information content (AvgIpc) is 3.79. The molecule has 28 heteroatoms. The van der Waals surface area contributed by atoms with Crippen molar-refractivity contribution in [3.8, 4) is 0 Å². The molecule has 0 heterocycles. The molecule has 6 saturated carbocycles. The van der Waals surface area contributed by atoms with Crippen LogP contribution < -0.4 is 15.3 Å². The monoisotopic (exact) mass is 1190 g/mol. The Labute approximate surface area is 425 Å². The van der Waals surface area contributed by atoms with E-state index in [0.717, 1.165) is 0 Å². The summed E-state index contributed by atoms with van der Waals surface area (Å²) in [5.74, 6) is -52.2. The molecule has 0 aromatic heterocycles. The molecule has 0 aliphatic heterocycles. The Morgan fingerprint density at radius 1 is 0.371 bits per heavy atom. The molecule has 6 fully saturated rings. The first-order valence-corrected chi connectivity index (χ1v) is 20.5. The van der Waals surface area contributed by atoms with Gasteiger partial charge in [0.05, 0.1) is 0 Å². The van der Waals surface area contributed by atoms with Gasteiger partial charge >= 0.3 is 103 Å². The van der Waals surface area contributed by atoms with Crippen molar-refractivity contribution in [2.45, 2.75) is 155 Å². The molecular formula is C42H42EuF21O6. The minimum absolute atomic E-state index is 0. The van der Waals surface area contributed by atoms with E-state index in [2.05, 4.69) is 0 Å². The number of hydrogen-bond acceptors (Lipinski definition) is 6. The van der Waals surface area contributed by atoms with E-state index < -0.39 is 156 Å². The average molecular weight is 1190 g/mol. The van der Waals surface area contributed by atoms with Gasteiger partial charge in [0.15, 0.2) is 17.3 Å². The summed E-state index contributed by atoms with van der Waals surface area (Å²) in [6.07, 6.45) is -18.7. The van der Waals surface area contributed by atoms with E-state index in [1.165, 1.54) is 62.3 Å². The summed E-state index contributed by atoms with van der Waals surface area (Å²) in [4.78, 5) is 36.8. The van der Waals surface area contributed by atoms with Crippen LogP contribution in [0.4, 0.5) is 92.2 Å². The molecule has 6 nitrogen and oxygen atoms in total. The summed E-state index contributed by atoms with van der Waals surface area (Å²) < 4.78 is 270. The first kappa shape index (κ1) is 62.0. The summed E-state index contributed by atoms with van der Waals surface area (Å²) in [5.41, 5.74) is -9.87. The molecule has 0 amide bonds. The molecule has 6 aliphatic carbocycles. The Morgan fingerprint density at radius 2 is 0.529 bits per heavy atom. The van der Waals surface area contributed by atoms with E-state index in [-0.39, 0.29) is 87.9 Å². The van der Waals surface area contributed by atoms with Crippen LogP contribution in [0.2, 0.25) is 0 Å². The molecule has 0 radical (unpaired) electrons. The summed E-state index contributed by atoms with van der Waals surface area (Å²) in [6, 6.07) is 0. The molecule has 0 aromatic carbocycles. The van der Waals surface area contributed by atoms with Crippen LogP contribution in [0.3, 0.4) is 0 Å². The molecule has 6 atom stereocenters. The quantitative estimate of drug-likeness (QED) is 0.148. The van der Waals surface area contributed by atoms with Crippen molar-refractivity contribution in [2.75, 3.05) is 0 Å². The van der Waals surface area contributed by atoms with Crippen LogP contribution in [-0.2, 0) is 14.4 Å². The number of halogens is 21. The maximum absolute atomic E-state index is 13.6. The van der Waals surface area contributed by atoms with Gasteiger partial charge in [-0.3, -0.25) is 14.4 Å². The van der Waals surface area contributed by atoms with Gasteiger partial charge in [0.2, 0.25) is 0 Å². The Bertz CT molecular complexity index is 2020. The van der Waals surface area contributed by atoms with E-state index in [4.69, 9.17) is 0 Å². The smallest absolute Gasteiger partial charge is 0.871 e. The third-order valence-electron chi connectivity index (χ3n) is 16.8. The topological polar surface area (TPSA) is 120 Å². The summed E-state index contributed by atoms with van der Waals surface area (Å²) in [6.45, 7) is 13.3. The van der Waals surface area contributed by atoms with Crippen LogP contribution in [0.5, 0.6) is 0 Å². The Kier molecular flexibility index (Phi) is 15.2. The van der Waals surface area contributed by atoms with E-state index in [1.54, 1.807) is 0 Å². The zero-order chi connectivity index (χ0) is 54.7. The zero-order valence-corrected chi connectivity index (χ0v) is 40.2. The molecular weight excluding hydrogens is 1150 g/mol. The molecule has 70 heavy (non-hydrogen) atoms. The zero-order valence-electron chi connectivity index (χ0n) is 37.7. The molecule has 0 N–H and O–H groups in total. The number of ketones is 3. The van der Waals surface area contributed by atoms with Crippen LogP contribution in [-0.4, -0.2) is 71.4 Å². The van der Waals surface area contributed by atoms with Crippen LogP contribution >= 0.6 is 0 Å². The molecule has 0 spiro atoms. The van der Waals surface area contributed by atoms with Crippen molar-refractivity contribution >= 4 is 17.3 Å². The number of rotatable bonds is 6. The third-order valence-corrected chi connectivity index (χ3v) is 16.8. The van der Waals surface area contributed by atoms with Crippen LogP contribution in [0.25, 0.3) is 0 Å². The first-order valence-electron chi connectivity index (χ1n) is 20.5. The van der Waals surface area contributed by atoms with Gasteiger partial charge in [-0.05, 0) is 107 Å². The second kappa shape index (κ2) is 17.1. The molecule has 0 saturated heterocycles. The number of hydrogen-bond donors (Lipinski definition) is 0. The number of alkyl halides is 21. The van der Waals surface area contributed by atoms with Gasteiger partial charge in [0.1, 0.15) is 0 Å². The van der Waals surface area contributed by atoms with Gasteiger partial charge in [-0.1, -0.05) is 62.3 Å². The van der Waals surface area contributed by atoms with Gasteiger partial charge in [0.25, 0.3) is 0 Å². The number of fused-ring (bicyclic) bond motifs is 6. The SMILES string of the molecule is CC12CCC(/C(=C(/[O-])C(F)(F)C(F)(F)C(F)(F)F)C1=O)C2(C)C.CC12CCC(/C(=C(/[O-])C(F)(F)C(F)(F)C(F)(F)F)C1=O)C2(C)C.CC12CCC(/C(=C(/[O-])C(F)(F)C(F)(F)C(F)(F)F)C1=O)C2(C)C.[Eu+3]. The summed E-state index contributed by atoms with van der Waals surface area (Å²) in [5, 5.41) is 35.4. The molecule has 6 aliphatic rings. The fourth-order valence-electron chi connectivity index (χ4n) is 10.9. The number of allylic oxidation sites excluding steroid dienone is 6. The predicted octanol–water partition coefficient (Wildman–Crippen LogP) is 10.4. The third kappa shape index (κ3) is 7.90. The van der Waals surface area contributed by atoms with Crippen molar-refractivity contribution < 1.29 is 171 Å². The number of carbonyl (C=O) groups excluding carboxylic acids is 3. The fourth-order valence-corrected chi connectivity index (χ4v) is 10.9. The minimum Gasteiger partial charge on any atom is -0.871 e. The van der Waals surface area contributed by atoms with Crippen molar-refractivity contribution in [3.63, 3.8) is 0 Å². The van der Waals surface area contributed by atoms with Crippen molar-refractivity contribution in [3.05, 3.63) is 34.0 Å². The van der Waals surface area contributed by atoms with Crippen molar-refractivity contribution in [1.82, 2.24) is 0 Å². The normalized spacial score (nSPS) is 32.8. The van der Waals surface area contributed by atoms with E-state index >= 15 is 0 Å². The van der Waals surface area contributed by atoms with Gasteiger partial charge in [-0.15, -0.1) is 0 Å². The van der Waals surface area contributed by atoms with Crippen LogP contribution in [0, 0.1) is 99.6 Å². The van der Waals surface area contributed by atoms with Crippen LogP contribution in [0.1, 0.15) is 101 Å². The van der Waals surface area contributed by atoms with E-state index in [1.807, 2.05) is 0 Å². The standard InChI is InChI=1S/3C14H15F7O2.Eu/c3*1-10(2)6-4-5-11(10,3)8(22)7(6)9(23)12(15,16)13(17,18)14(19,20)21;/h3*6,23H,4-5H2,1-3H3;/q;;;+3/p-3/b3*9-7-;. The molecule has 400 valence electrons. The van der Waals surface area contributed by atoms with E-state index in [0.29, 0.717) is 0 Å². The van der Waals surface area contributed by atoms with Crippen molar-refractivity contribution in [2.24, 2.45) is 50.2 Å². The van der Waals surface area contributed by atoms with Gasteiger partial charge in [-0.2, -0.15) is 92.2 Å². The second-order valence-electron chi connectivity index (χ2n) is 20.6. The van der Waals surface area contributed by atoms with Crippen LogP contribution in [0.15, 0.2) is 34.0 Å². The fraction of sp³-hybridized carbons (Fsp3) is 0.786. The summed E-state index contributed by atoms with van der Waals surface area (Å²) >= 11 is 0. The Balaban J connectivity index is 0.000000276. The largest absolute Gasteiger partial charge is 3.00 e. The van der Waals surface area contributed by atoms with Crippen molar-refractivity contribution in [1.29, 1.82) is 0 Å². The number of carbonyl (C=O) groups is 3. The Morgan fingerprint density at radius 3 is 0.643 bits per heavy atom. The van der Waals surface area contributed by atoms with Gasteiger partial charge in [-0.25, -0.2) is 0 Å². The van der Waals surface area contributed by atoms with Gasteiger partial charge < -0.3 is 15.3 Å². The first-order chi connectivity index (χ1) is 30.1. The summed E-state index contributed by atoms with van der Waals surface area (Å²) in [7, 11) is 0. The molecule has 6 bridgehead atoms. The maximum Gasteiger partial charge on any atom is 3.00 e. The van der Waals surface area contributed by atoms with Gasteiger partial charge in [0, 0.05) is 16.2 Å². The number of Topliss-reactive ketones (excluding diaryl/α,β-unsaturated/α-hetero) is 3. The second-order valence-corrected chi connectivity index (χ2v) is 20.6. The molecule has 6 rings (SSSR count). The Hall–Kier alpha value is -2.26. The minimum atomic E-state index is -6.60. The maximum atomic E-state index is 13.6. The predicted molar refractivity (Wildman–Crippen MR) is 188 cm³/mol. The molecule has 6 unspecified atom stereocenters. The molecule has 0 aromatic rings. The van der Waals surface area contributed by atoms with E-state index in [9.17, 15) is 122 Å².